The molecule has 4 heteroatoms. The third-order valence-electron chi connectivity index (χ3n) is 3.56. The van der Waals surface area contributed by atoms with Crippen LogP contribution in [0.25, 0.3) is 10.9 Å². The molecule has 0 aliphatic rings. The van der Waals surface area contributed by atoms with Crippen LogP contribution in [0.4, 0.5) is 0 Å². The molecule has 0 aliphatic carbocycles. The molecule has 2 aromatic rings. The fourth-order valence-corrected chi connectivity index (χ4v) is 2.53. The number of rotatable bonds is 10. The second-order valence-corrected chi connectivity index (χ2v) is 5.08. The Morgan fingerprint density at radius 1 is 1.19 bits per heavy atom. The summed E-state index contributed by atoms with van der Waals surface area (Å²) in [5, 5.41) is 4.75. The number of benzene rings is 1. The van der Waals surface area contributed by atoms with E-state index in [-0.39, 0.29) is 0 Å². The zero-order valence-corrected chi connectivity index (χ0v) is 13.1. The molecule has 0 atom stereocenters. The SMILES string of the molecule is CCOCCCn1cc(CNCCOC)c2ccccc21. The molecule has 0 fully saturated rings. The second kappa shape index (κ2) is 8.82. The minimum atomic E-state index is 0.743. The maximum atomic E-state index is 5.43. The van der Waals surface area contributed by atoms with Gasteiger partial charge in [0.15, 0.2) is 0 Å². The molecule has 1 aromatic heterocycles. The molecule has 0 saturated heterocycles. The lowest BCUT2D eigenvalue weighted by molar-refractivity contribution is 0.142. The van der Waals surface area contributed by atoms with E-state index in [1.165, 1.54) is 16.5 Å². The third-order valence-corrected chi connectivity index (χ3v) is 3.56. The Hall–Kier alpha value is -1.36. The van der Waals surface area contributed by atoms with Crippen LogP contribution < -0.4 is 5.32 Å². The highest BCUT2D eigenvalue weighted by molar-refractivity contribution is 5.83. The molecule has 4 nitrogen and oxygen atoms in total. The lowest BCUT2D eigenvalue weighted by Gasteiger charge is -2.05. The van der Waals surface area contributed by atoms with Crippen molar-refractivity contribution in [3.05, 3.63) is 36.0 Å². The first kappa shape index (κ1) is 16.0. The quantitative estimate of drug-likeness (QED) is 0.683. The average Bonchev–Trinajstić information content (AvgIpc) is 2.87. The number of methoxy groups -OCH3 is 1. The monoisotopic (exact) mass is 290 g/mol. The van der Waals surface area contributed by atoms with E-state index in [0.717, 1.165) is 45.9 Å². The molecule has 1 aromatic carbocycles. The fraction of sp³-hybridized carbons (Fsp3) is 0.529. The van der Waals surface area contributed by atoms with Crippen molar-refractivity contribution in [2.24, 2.45) is 0 Å². The van der Waals surface area contributed by atoms with E-state index in [1.807, 2.05) is 6.92 Å². The Labute approximate surface area is 127 Å². The first-order chi connectivity index (χ1) is 10.4. The molecule has 116 valence electrons. The second-order valence-electron chi connectivity index (χ2n) is 5.08. The Morgan fingerprint density at radius 3 is 2.86 bits per heavy atom. The Balaban J connectivity index is 2.03. The molecular weight excluding hydrogens is 264 g/mol. The lowest BCUT2D eigenvalue weighted by Crippen LogP contribution is -2.18. The van der Waals surface area contributed by atoms with Gasteiger partial charge in [-0.1, -0.05) is 18.2 Å². The van der Waals surface area contributed by atoms with Crippen LogP contribution in [0.1, 0.15) is 18.9 Å². The Morgan fingerprint density at radius 2 is 2.05 bits per heavy atom. The van der Waals surface area contributed by atoms with Crippen LogP contribution in [-0.4, -0.2) is 38.0 Å². The number of hydrogen-bond acceptors (Lipinski definition) is 3. The van der Waals surface area contributed by atoms with Crippen molar-refractivity contribution in [2.75, 3.05) is 33.5 Å². The molecule has 0 radical (unpaired) electrons. The van der Waals surface area contributed by atoms with Crippen LogP contribution in [0, 0.1) is 0 Å². The predicted molar refractivity (Wildman–Crippen MR) is 86.6 cm³/mol. The van der Waals surface area contributed by atoms with Crippen LogP contribution in [0.2, 0.25) is 0 Å². The van der Waals surface area contributed by atoms with Crippen molar-refractivity contribution >= 4 is 10.9 Å². The first-order valence-electron chi connectivity index (χ1n) is 7.71. The minimum absolute atomic E-state index is 0.743. The summed E-state index contributed by atoms with van der Waals surface area (Å²) in [7, 11) is 1.73. The third kappa shape index (κ3) is 4.56. The van der Waals surface area contributed by atoms with Gasteiger partial charge in [-0.15, -0.1) is 0 Å². The summed E-state index contributed by atoms with van der Waals surface area (Å²) in [6.45, 7) is 7.15. The smallest absolute Gasteiger partial charge is 0.0587 e. The molecular formula is C17H26N2O2. The van der Waals surface area contributed by atoms with Crippen molar-refractivity contribution < 1.29 is 9.47 Å². The summed E-state index contributed by atoms with van der Waals surface area (Å²) >= 11 is 0. The van der Waals surface area contributed by atoms with Gasteiger partial charge in [0.05, 0.1) is 6.61 Å². The predicted octanol–water partition coefficient (Wildman–Crippen LogP) is 2.80. The van der Waals surface area contributed by atoms with Gasteiger partial charge in [0, 0.05) is 57.1 Å². The van der Waals surface area contributed by atoms with Crippen LogP contribution in [0.3, 0.4) is 0 Å². The molecule has 0 amide bonds. The van der Waals surface area contributed by atoms with Gasteiger partial charge in [0.2, 0.25) is 0 Å². The van der Waals surface area contributed by atoms with E-state index in [9.17, 15) is 0 Å². The normalized spacial score (nSPS) is 11.3. The zero-order chi connectivity index (χ0) is 14.9. The maximum Gasteiger partial charge on any atom is 0.0587 e. The summed E-state index contributed by atoms with van der Waals surface area (Å²) in [6, 6.07) is 8.59. The fourth-order valence-electron chi connectivity index (χ4n) is 2.53. The number of para-hydroxylation sites is 1. The molecule has 0 saturated carbocycles. The van der Waals surface area contributed by atoms with Gasteiger partial charge < -0.3 is 19.4 Å². The largest absolute Gasteiger partial charge is 0.383 e. The maximum absolute atomic E-state index is 5.43. The van der Waals surface area contributed by atoms with Gasteiger partial charge >= 0.3 is 0 Å². The van der Waals surface area contributed by atoms with Crippen molar-refractivity contribution in [1.29, 1.82) is 0 Å². The number of aromatic nitrogens is 1. The minimum Gasteiger partial charge on any atom is -0.383 e. The van der Waals surface area contributed by atoms with Crippen LogP contribution >= 0.6 is 0 Å². The van der Waals surface area contributed by atoms with E-state index in [2.05, 4.69) is 40.3 Å². The van der Waals surface area contributed by atoms with Gasteiger partial charge in [0.1, 0.15) is 0 Å². The van der Waals surface area contributed by atoms with Gasteiger partial charge in [-0.3, -0.25) is 0 Å². The Bertz CT molecular complexity index is 491. The molecule has 0 unspecified atom stereocenters. The standard InChI is InChI=1S/C17H26N2O2/c1-3-21-11-6-10-19-14-15(13-18-9-12-20-2)16-7-4-5-8-17(16)19/h4-5,7-8,14,18H,3,6,9-13H2,1-2H3. The van der Waals surface area contributed by atoms with Crippen molar-refractivity contribution in [1.82, 2.24) is 9.88 Å². The molecule has 21 heavy (non-hydrogen) atoms. The van der Waals surface area contributed by atoms with E-state index in [1.54, 1.807) is 7.11 Å². The van der Waals surface area contributed by atoms with E-state index >= 15 is 0 Å². The van der Waals surface area contributed by atoms with E-state index < -0.39 is 0 Å². The van der Waals surface area contributed by atoms with Gasteiger partial charge in [-0.2, -0.15) is 0 Å². The molecule has 2 rings (SSSR count). The highest BCUT2D eigenvalue weighted by Crippen LogP contribution is 2.21. The van der Waals surface area contributed by atoms with Crippen molar-refractivity contribution in [2.45, 2.75) is 26.4 Å². The van der Waals surface area contributed by atoms with Gasteiger partial charge in [0.25, 0.3) is 0 Å². The summed E-state index contributed by atoms with van der Waals surface area (Å²) in [6.07, 6.45) is 3.31. The summed E-state index contributed by atoms with van der Waals surface area (Å²) in [4.78, 5) is 0. The number of aryl methyl sites for hydroxylation is 1. The van der Waals surface area contributed by atoms with Crippen LogP contribution in [0.15, 0.2) is 30.5 Å². The van der Waals surface area contributed by atoms with E-state index in [4.69, 9.17) is 9.47 Å². The number of nitrogens with one attached hydrogen (secondary N) is 1. The molecule has 1 heterocycles. The van der Waals surface area contributed by atoms with Crippen LogP contribution in [-0.2, 0) is 22.6 Å². The number of fused-ring (bicyclic) bond motifs is 1. The summed E-state index contributed by atoms with van der Waals surface area (Å²) in [5.74, 6) is 0. The highest BCUT2D eigenvalue weighted by Gasteiger charge is 2.07. The topological polar surface area (TPSA) is 35.4 Å². The van der Waals surface area contributed by atoms with Crippen molar-refractivity contribution in [3.8, 4) is 0 Å². The first-order valence-corrected chi connectivity index (χ1v) is 7.71. The van der Waals surface area contributed by atoms with Crippen molar-refractivity contribution in [3.63, 3.8) is 0 Å². The van der Waals surface area contributed by atoms with E-state index in [0.29, 0.717) is 0 Å². The number of hydrogen-bond donors (Lipinski definition) is 1. The lowest BCUT2D eigenvalue weighted by atomic mass is 10.2. The molecule has 0 aliphatic heterocycles. The van der Waals surface area contributed by atoms with Gasteiger partial charge in [-0.25, -0.2) is 0 Å². The number of ether oxygens (including phenoxy) is 2. The van der Waals surface area contributed by atoms with Crippen LogP contribution in [0.5, 0.6) is 0 Å². The molecule has 1 N–H and O–H groups in total. The molecule has 0 spiro atoms. The summed E-state index contributed by atoms with van der Waals surface area (Å²) in [5.41, 5.74) is 2.65. The summed E-state index contributed by atoms with van der Waals surface area (Å²) < 4.78 is 12.8. The Kier molecular flexibility index (Phi) is 6.73. The highest BCUT2D eigenvalue weighted by atomic mass is 16.5. The average molecular weight is 290 g/mol. The number of nitrogens with zero attached hydrogens (tertiary/aromatic N) is 1. The molecule has 0 bridgehead atoms. The van der Waals surface area contributed by atoms with Gasteiger partial charge in [-0.05, 0) is 25.0 Å². The zero-order valence-electron chi connectivity index (χ0n) is 13.1.